The minimum atomic E-state index is 0.321. The summed E-state index contributed by atoms with van der Waals surface area (Å²) < 4.78 is 0. The molecule has 1 aromatic rings. The molecule has 0 amide bonds. The molecule has 0 bridgehead atoms. The predicted molar refractivity (Wildman–Crippen MR) is 65.7 cm³/mol. The second-order valence-electron chi connectivity index (χ2n) is 4.49. The zero-order chi connectivity index (χ0) is 11.4. The van der Waals surface area contributed by atoms with Crippen molar-refractivity contribution in [3.63, 3.8) is 0 Å². The van der Waals surface area contributed by atoms with Crippen LogP contribution in [0.2, 0.25) is 0 Å². The van der Waals surface area contributed by atoms with Gasteiger partial charge in [0.1, 0.15) is 5.01 Å². The number of aryl methyl sites for hydroxylation is 1. The van der Waals surface area contributed by atoms with Crippen LogP contribution in [-0.2, 0) is 0 Å². The lowest BCUT2D eigenvalue weighted by Gasteiger charge is -2.30. The first-order chi connectivity index (χ1) is 7.79. The van der Waals surface area contributed by atoms with Gasteiger partial charge in [-0.3, -0.25) is 0 Å². The zero-order valence-corrected chi connectivity index (χ0v) is 10.5. The molecule has 90 valence electrons. The molecular formula is C11H19N3OS. The molecule has 16 heavy (non-hydrogen) atoms. The predicted octanol–water partition coefficient (Wildman–Crippen LogP) is 2.06. The summed E-state index contributed by atoms with van der Waals surface area (Å²) in [4.78, 5) is 0. The molecule has 4 nitrogen and oxygen atoms in total. The van der Waals surface area contributed by atoms with E-state index in [9.17, 15) is 5.11 Å². The molecule has 1 aromatic heterocycles. The van der Waals surface area contributed by atoms with Gasteiger partial charge in [-0.1, -0.05) is 24.2 Å². The molecule has 1 aliphatic rings. The van der Waals surface area contributed by atoms with Gasteiger partial charge < -0.3 is 10.4 Å². The fraction of sp³-hybridized carbons (Fsp3) is 0.818. The fourth-order valence-electron chi connectivity index (χ4n) is 2.38. The average molecular weight is 241 g/mol. The molecule has 0 aromatic carbocycles. The Morgan fingerprint density at radius 1 is 1.31 bits per heavy atom. The lowest BCUT2D eigenvalue weighted by molar-refractivity contribution is 0.141. The van der Waals surface area contributed by atoms with Crippen LogP contribution < -0.4 is 5.32 Å². The first-order valence-corrected chi connectivity index (χ1v) is 6.76. The molecular weight excluding hydrogens is 222 g/mol. The summed E-state index contributed by atoms with van der Waals surface area (Å²) in [6.45, 7) is 3.20. The van der Waals surface area contributed by atoms with Crippen molar-refractivity contribution in [1.82, 2.24) is 10.2 Å². The number of nitrogens with one attached hydrogen (secondary N) is 1. The van der Waals surface area contributed by atoms with Crippen molar-refractivity contribution in [3.05, 3.63) is 5.01 Å². The number of hydrogen-bond donors (Lipinski definition) is 2. The first kappa shape index (κ1) is 11.8. The van der Waals surface area contributed by atoms with Crippen LogP contribution >= 0.6 is 11.3 Å². The van der Waals surface area contributed by atoms with Crippen molar-refractivity contribution in [2.24, 2.45) is 11.8 Å². The van der Waals surface area contributed by atoms with Gasteiger partial charge in [-0.25, -0.2) is 0 Å². The standard InChI is InChI=1S/C11H19N3OS/c1-8-13-14-11(16-8)12-6-9-4-2-3-5-10(9)7-15/h9-10,15H,2-7H2,1H3,(H,12,14). The highest BCUT2D eigenvalue weighted by molar-refractivity contribution is 7.15. The third-order valence-electron chi connectivity index (χ3n) is 3.34. The van der Waals surface area contributed by atoms with Crippen molar-refractivity contribution in [1.29, 1.82) is 0 Å². The molecule has 2 unspecified atom stereocenters. The van der Waals surface area contributed by atoms with Crippen LogP contribution in [0, 0.1) is 18.8 Å². The third-order valence-corrected chi connectivity index (χ3v) is 4.14. The smallest absolute Gasteiger partial charge is 0.205 e. The summed E-state index contributed by atoms with van der Waals surface area (Å²) >= 11 is 1.59. The van der Waals surface area contributed by atoms with E-state index in [0.29, 0.717) is 18.4 Å². The van der Waals surface area contributed by atoms with E-state index in [1.807, 2.05) is 6.92 Å². The Morgan fingerprint density at radius 3 is 2.69 bits per heavy atom. The molecule has 1 aliphatic carbocycles. The van der Waals surface area contributed by atoms with E-state index in [-0.39, 0.29) is 0 Å². The van der Waals surface area contributed by atoms with Gasteiger partial charge in [0.25, 0.3) is 0 Å². The van der Waals surface area contributed by atoms with Gasteiger partial charge in [0, 0.05) is 13.2 Å². The number of aliphatic hydroxyl groups is 1. The van der Waals surface area contributed by atoms with E-state index >= 15 is 0 Å². The molecule has 0 saturated heterocycles. The lowest BCUT2D eigenvalue weighted by atomic mass is 9.80. The van der Waals surface area contributed by atoms with E-state index in [2.05, 4.69) is 15.5 Å². The number of aliphatic hydroxyl groups excluding tert-OH is 1. The van der Waals surface area contributed by atoms with Crippen LogP contribution in [0.25, 0.3) is 0 Å². The van der Waals surface area contributed by atoms with Gasteiger partial charge in [0.15, 0.2) is 0 Å². The summed E-state index contributed by atoms with van der Waals surface area (Å²) in [5, 5.41) is 22.6. The minimum Gasteiger partial charge on any atom is -0.396 e. The highest BCUT2D eigenvalue weighted by Crippen LogP contribution is 2.30. The summed E-state index contributed by atoms with van der Waals surface area (Å²) in [7, 11) is 0. The molecule has 1 fully saturated rings. The van der Waals surface area contributed by atoms with Gasteiger partial charge in [0.05, 0.1) is 0 Å². The normalized spacial score (nSPS) is 25.6. The maximum absolute atomic E-state index is 9.31. The molecule has 0 aliphatic heterocycles. The minimum absolute atomic E-state index is 0.321. The van der Waals surface area contributed by atoms with Crippen LogP contribution in [0.5, 0.6) is 0 Å². The molecule has 5 heteroatoms. The summed E-state index contributed by atoms with van der Waals surface area (Å²) in [5.74, 6) is 1.05. The summed E-state index contributed by atoms with van der Waals surface area (Å²) in [6.07, 6.45) is 4.94. The topological polar surface area (TPSA) is 58.0 Å². The van der Waals surface area contributed by atoms with Crippen LogP contribution in [0.15, 0.2) is 0 Å². The number of aromatic nitrogens is 2. The van der Waals surface area contributed by atoms with E-state index in [0.717, 1.165) is 23.1 Å². The second kappa shape index (κ2) is 5.59. The Morgan fingerprint density at radius 2 is 2.06 bits per heavy atom. The monoisotopic (exact) mass is 241 g/mol. The van der Waals surface area contributed by atoms with Crippen molar-refractivity contribution in [3.8, 4) is 0 Å². The Balaban J connectivity index is 1.84. The van der Waals surface area contributed by atoms with Crippen LogP contribution in [0.3, 0.4) is 0 Å². The second-order valence-corrected chi connectivity index (χ2v) is 5.68. The Hall–Kier alpha value is -0.680. The van der Waals surface area contributed by atoms with Gasteiger partial charge in [-0.15, -0.1) is 10.2 Å². The van der Waals surface area contributed by atoms with Gasteiger partial charge in [-0.05, 0) is 31.6 Å². The summed E-state index contributed by atoms with van der Waals surface area (Å²) in [6, 6.07) is 0. The van der Waals surface area contributed by atoms with Crippen molar-refractivity contribution in [2.45, 2.75) is 32.6 Å². The van der Waals surface area contributed by atoms with Crippen LogP contribution in [-0.4, -0.2) is 28.5 Å². The molecule has 0 spiro atoms. The molecule has 0 radical (unpaired) electrons. The molecule has 1 heterocycles. The first-order valence-electron chi connectivity index (χ1n) is 5.94. The average Bonchev–Trinajstić information content (AvgIpc) is 2.73. The van der Waals surface area contributed by atoms with Gasteiger partial charge >= 0.3 is 0 Å². The van der Waals surface area contributed by atoms with E-state index in [1.165, 1.54) is 19.3 Å². The SMILES string of the molecule is Cc1nnc(NCC2CCCCC2CO)s1. The Kier molecular flexibility index (Phi) is 4.12. The molecule has 2 N–H and O–H groups in total. The van der Waals surface area contributed by atoms with Crippen molar-refractivity contribution < 1.29 is 5.11 Å². The zero-order valence-electron chi connectivity index (χ0n) is 9.65. The molecule has 2 atom stereocenters. The van der Waals surface area contributed by atoms with E-state index < -0.39 is 0 Å². The van der Waals surface area contributed by atoms with Crippen LogP contribution in [0.1, 0.15) is 30.7 Å². The lowest BCUT2D eigenvalue weighted by Crippen LogP contribution is -2.28. The largest absolute Gasteiger partial charge is 0.396 e. The van der Waals surface area contributed by atoms with Crippen molar-refractivity contribution >= 4 is 16.5 Å². The van der Waals surface area contributed by atoms with E-state index in [1.54, 1.807) is 11.3 Å². The van der Waals surface area contributed by atoms with Gasteiger partial charge in [0.2, 0.25) is 5.13 Å². The maximum Gasteiger partial charge on any atom is 0.205 e. The number of anilines is 1. The quantitative estimate of drug-likeness (QED) is 0.847. The summed E-state index contributed by atoms with van der Waals surface area (Å²) in [5.41, 5.74) is 0. The number of hydrogen-bond acceptors (Lipinski definition) is 5. The third kappa shape index (κ3) is 2.92. The Bertz CT molecular complexity index is 329. The fourth-order valence-corrected chi connectivity index (χ4v) is 2.98. The highest BCUT2D eigenvalue weighted by Gasteiger charge is 2.24. The molecule has 1 saturated carbocycles. The van der Waals surface area contributed by atoms with Crippen molar-refractivity contribution in [2.75, 3.05) is 18.5 Å². The van der Waals surface area contributed by atoms with Gasteiger partial charge in [-0.2, -0.15) is 0 Å². The maximum atomic E-state index is 9.31. The van der Waals surface area contributed by atoms with Crippen LogP contribution in [0.4, 0.5) is 5.13 Å². The Labute approximate surface area is 100 Å². The number of nitrogens with zero attached hydrogens (tertiary/aromatic N) is 2. The molecule has 2 rings (SSSR count). The highest BCUT2D eigenvalue weighted by atomic mass is 32.1. The van der Waals surface area contributed by atoms with E-state index in [4.69, 9.17) is 0 Å². The number of rotatable bonds is 4.